The summed E-state index contributed by atoms with van der Waals surface area (Å²) in [6.07, 6.45) is -0.867. The lowest BCUT2D eigenvalue weighted by atomic mass is 9.66. The Morgan fingerprint density at radius 1 is 0.966 bits per heavy atom. The molecule has 5 rings (SSSR count). The minimum atomic E-state index is -0.867. The molecule has 1 aliphatic carbocycles. The topological polar surface area (TPSA) is 104 Å². The van der Waals surface area contributed by atoms with Crippen molar-refractivity contribution in [1.82, 2.24) is 0 Å². The number of ether oxygens (including phenoxy) is 5. The first-order chi connectivity index (χ1) is 14.0. The summed E-state index contributed by atoms with van der Waals surface area (Å²) in [4.78, 5) is 12.7. The second-order valence-electron chi connectivity index (χ2n) is 7.35. The molecule has 0 amide bonds. The maximum Gasteiger partial charge on any atom is 0.310 e. The van der Waals surface area contributed by atoms with E-state index in [1.54, 1.807) is 24.3 Å². The highest BCUT2D eigenvalue weighted by Crippen LogP contribution is 2.55. The lowest BCUT2D eigenvalue weighted by Gasteiger charge is -2.37. The number of phenolic OH excluding ortho intramolecular Hbond substituents is 1. The molecule has 3 aliphatic rings. The normalized spacial score (nSPS) is 26.5. The zero-order chi connectivity index (χ0) is 20.3. The van der Waals surface area contributed by atoms with Crippen molar-refractivity contribution in [1.29, 1.82) is 0 Å². The van der Waals surface area contributed by atoms with Crippen LogP contribution >= 0.6 is 0 Å². The number of aliphatic hydroxyl groups is 1. The third kappa shape index (κ3) is 2.52. The summed E-state index contributed by atoms with van der Waals surface area (Å²) in [6, 6.07) is 6.93. The van der Waals surface area contributed by atoms with E-state index < -0.39 is 23.9 Å². The van der Waals surface area contributed by atoms with Crippen LogP contribution in [-0.2, 0) is 9.53 Å². The van der Waals surface area contributed by atoms with Gasteiger partial charge in [0.2, 0.25) is 12.5 Å². The smallest absolute Gasteiger partial charge is 0.310 e. The van der Waals surface area contributed by atoms with E-state index in [0.717, 1.165) is 5.56 Å². The van der Waals surface area contributed by atoms with Crippen molar-refractivity contribution in [3.8, 4) is 28.7 Å². The monoisotopic (exact) mass is 400 g/mol. The van der Waals surface area contributed by atoms with Gasteiger partial charge in [-0.05, 0) is 41.0 Å². The standard InChI is InChI=1S/C21H20O8/c1-25-15-3-9(4-16(26-2)20(15)23)17-10-5-13-14(29-8-28-13)6-11(10)19(22)12-7-27-21(24)18(12)17/h3-6,12,17-19,22-23H,7-8H2,1-2H3/t12?,17-,18-,19+/m0/s1. The fourth-order valence-electron chi connectivity index (χ4n) is 4.63. The number of esters is 1. The molecule has 4 atom stereocenters. The minimum absolute atomic E-state index is 0.106. The maximum atomic E-state index is 12.7. The molecule has 8 nitrogen and oxygen atoms in total. The van der Waals surface area contributed by atoms with Gasteiger partial charge in [0, 0.05) is 11.8 Å². The molecule has 152 valence electrons. The Morgan fingerprint density at radius 3 is 2.21 bits per heavy atom. The van der Waals surface area contributed by atoms with Gasteiger partial charge in [-0.2, -0.15) is 0 Å². The van der Waals surface area contributed by atoms with Gasteiger partial charge in [0.15, 0.2) is 23.0 Å². The number of phenols is 1. The van der Waals surface area contributed by atoms with E-state index in [2.05, 4.69) is 0 Å². The summed E-state index contributed by atoms with van der Waals surface area (Å²) in [5.74, 6) is -0.324. The van der Waals surface area contributed by atoms with Crippen LogP contribution in [0.15, 0.2) is 24.3 Å². The van der Waals surface area contributed by atoms with Crippen LogP contribution in [0.2, 0.25) is 0 Å². The Bertz CT molecular complexity index is 975. The first-order valence-corrected chi connectivity index (χ1v) is 9.26. The molecule has 0 bridgehead atoms. The van der Waals surface area contributed by atoms with E-state index >= 15 is 0 Å². The van der Waals surface area contributed by atoms with Crippen molar-refractivity contribution in [2.45, 2.75) is 12.0 Å². The fraction of sp³-hybridized carbons (Fsp3) is 0.381. The zero-order valence-electron chi connectivity index (χ0n) is 15.9. The average molecular weight is 400 g/mol. The summed E-state index contributed by atoms with van der Waals surface area (Å²) in [7, 11) is 2.89. The van der Waals surface area contributed by atoms with Crippen LogP contribution in [0.5, 0.6) is 28.7 Å². The van der Waals surface area contributed by atoms with Crippen molar-refractivity contribution in [3.05, 3.63) is 41.0 Å². The molecule has 2 heterocycles. The van der Waals surface area contributed by atoms with Crippen LogP contribution in [0, 0.1) is 11.8 Å². The molecule has 1 unspecified atom stereocenters. The summed E-state index contributed by atoms with van der Waals surface area (Å²) in [5, 5.41) is 21.3. The molecular formula is C21H20O8. The first-order valence-electron chi connectivity index (χ1n) is 9.26. The van der Waals surface area contributed by atoms with E-state index in [9.17, 15) is 15.0 Å². The Balaban J connectivity index is 1.75. The Hall–Kier alpha value is -3.13. The van der Waals surface area contributed by atoms with Gasteiger partial charge < -0.3 is 33.9 Å². The van der Waals surface area contributed by atoms with E-state index in [0.29, 0.717) is 22.6 Å². The van der Waals surface area contributed by atoms with Gasteiger partial charge >= 0.3 is 5.97 Å². The number of carbonyl (C=O) groups is 1. The molecule has 8 heteroatoms. The van der Waals surface area contributed by atoms with Crippen molar-refractivity contribution < 1.29 is 38.7 Å². The Kier molecular flexibility index (Phi) is 3.99. The summed E-state index contributed by atoms with van der Waals surface area (Å²) in [5.41, 5.74) is 2.12. The van der Waals surface area contributed by atoms with Crippen molar-refractivity contribution in [3.63, 3.8) is 0 Å². The molecule has 2 aromatic rings. The predicted molar refractivity (Wildman–Crippen MR) is 98.5 cm³/mol. The highest BCUT2D eigenvalue weighted by atomic mass is 16.7. The molecule has 2 aromatic carbocycles. The Morgan fingerprint density at radius 2 is 1.59 bits per heavy atom. The average Bonchev–Trinajstić information content (AvgIpc) is 3.34. The van der Waals surface area contributed by atoms with Crippen molar-refractivity contribution in [2.24, 2.45) is 11.8 Å². The zero-order valence-corrected chi connectivity index (χ0v) is 15.9. The summed E-state index contributed by atoms with van der Waals surface area (Å²) < 4.78 is 26.9. The van der Waals surface area contributed by atoms with Crippen LogP contribution in [-0.4, -0.2) is 43.8 Å². The van der Waals surface area contributed by atoms with E-state index in [4.69, 9.17) is 23.7 Å². The number of benzene rings is 2. The Labute approximate surface area is 166 Å². The van der Waals surface area contributed by atoms with Gasteiger partial charge in [-0.25, -0.2) is 0 Å². The second-order valence-corrected chi connectivity index (χ2v) is 7.35. The molecule has 0 saturated carbocycles. The highest BCUT2D eigenvalue weighted by molar-refractivity contribution is 5.79. The quantitative estimate of drug-likeness (QED) is 0.755. The van der Waals surface area contributed by atoms with E-state index in [1.165, 1.54) is 14.2 Å². The number of aliphatic hydroxyl groups excluding tert-OH is 1. The number of rotatable bonds is 3. The summed E-state index contributed by atoms with van der Waals surface area (Å²) in [6.45, 7) is 0.246. The molecule has 29 heavy (non-hydrogen) atoms. The number of aromatic hydroxyl groups is 1. The first kappa shape index (κ1) is 17.9. The van der Waals surface area contributed by atoms with Crippen LogP contribution in [0.4, 0.5) is 0 Å². The number of hydrogen-bond acceptors (Lipinski definition) is 8. The lowest BCUT2D eigenvalue weighted by Crippen LogP contribution is -2.34. The van der Waals surface area contributed by atoms with E-state index in [1.807, 2.05) is 0 Å². The number of cyclic esters (lactones) is 1. The van der Waals surface area contributed by atoms with Gasteiger partial charge in [-0.3, -0.25) is 4.79 Å². The fourth-order valence-corrected chi connectivity index (χ4v) is 4.63. The van der Waals surface area contributed by atoms with Crippen LogP contribution < -0.4 is 18.9 Å². The molecule has 0 aromatic heterocycles. The molecule has 2 N–H and O–H groups in total. The van der Waals surface area contributed by atoms with Crippen molar-refractivity contribution >= 4 is 5.97 Å². The molecule has 2 aliphatic heterocycles. The molecule has 0 radical (unpaired) electrons. The largest absolute Gasteiger partial charge is 0.502 e. The van der Waals surface area contributed by atoms with Crippen LogP contribution in [0.25, 0.3) is 0 Å². The molecule has 1 saturated heterocycles. The van der Waals surface area contributed by atoms with Crippen LogP contribution in [0.1, 0.15) is 28.7 Å². The van der Waals surface area contributed by atoms with Gasteiger partial charge in [0.1, 0.15) is 0 Å². The van der Waals surface area contributed by atoms with Crippen LogP contribution in [0.3, 0.4) is 0 Å². The molecule has 1 fully saturated rings. The second kappa shape index (κ2) is 6.45. The number of fused-ring (bicyclic) bond motifs is 3. The van der Waals surface area contributed by atoms with Crippen molar-refractivity contribution in [2.75, 3.05) is 27.6 Å². The predicted octanol–water partition coefficient (Wildman–Crippen LogP) is 2.11. The molecule has 0 spiro atoms. The molecular weight excluding hydrogens is 380 g/mol. The number of methoxy groups -OCH3 is 2. The third-order valence-corrected chi connectivity index (χ3v) is 6.01. The lowest BCUT2D eigenvalue weighted by molar-refractivity contribution is -0.141. The number of carbonyl (C=O) groups excluding carboxylic acids is 1. The highest BCUT2D eigenvalue weighted by Gasteiger charge is 2.52. The SMILES string of the molecule is COc1cc([C@H]2c3cc4c(cc3[C@@H](O)C3COC(=O)[C@@H]32)OCO4)cc(OC)c1O. The van der Waals surface area contributed by atoms with Gasteiger partial charge in [-0.15, -0.1) is 0 Å². The van der Waals surface area contributed by atoms with Gasteiger partial charge in [-0.1, -0.05) is 0 Å². The maximum absolute atomic E-state index is 12.7. The third-order valence-electron chi connectivity index (χ3n) is 6.01. The van der Waals surface area contributed by atoms with Gasteiger partial charge in [0.25, 0.3) is 0 Å². The van der Waals surface area contributed by atoms with E-state index in [-0.39, 0.29) is 36.6 Å². The summed E-state index contributed by atoms with van der Waals surface area (Å²) >= 11 is 0. The van der Waals surface area contributed by atoms with Gasteiger partial charge in [0.05, 0.1) is 32.8 Å². The minimum Gasteiger partial charge on any atom is -0.502 e. The number of hydrogen-bond donors (Lipinski definition) is 2.